The molecule has 0 aliphatic heterocycles. The van der Waals surface area contributed by atoms with Crippen molar-refractivity contribution in [2.45, 2.75) is 31.3 Å². The van der Waals surface area contributed by atoms with Crippen molar-refractivity contribution in [3.63, 3.8) is 0 Å². The summed E-state index contributed by atoms with van der Waals surface area (Å²) in [5.74, 6) is 1.85. The molecule has 100 valence electrons. The Balaban J connectivity index is 1.95. The zero-order valence-electron chi connectivity index (χ0n) is 11.0. The summed E-state index contributed by atoms with van der Waals surface area (Å²) in [7, 11) is 0. The van der Waals surface area contributed by atoms with Crippen LogP contribution >= 0.6 is 11.8 Å². The molecular formula is C14H17N3OS. The summed E-state index contributed by atoms with van der Waals surface area (Å²) < 4.78 is 5.46. The van der Waals surface area contributed by atoms with Crippen molar-refractivity contribution in [2.24, 2.45) is 0 Å². The zero-order chi connectivity index (χ0) is 13.5. The van der Waals surface area contributed by atoms with Crippen LogP contribution in [0.5, 0.6) is 5.75 Å². The lowest BCUT2D eigenvalue weighted by atomic mass is 10.3. The van der Waals surface area contributed by atoms with Gasteiger partial charge in [-0.05, 0) is 31.9 Å². The lowest BCUT2D eigenvalue weighted by molar-refractivity contribution is 0.340. The number of H-pyrrole nitrogens is 1. The molecular weight excluding hydrogens is 258 g/mol. The molecule has 0 bridgehead atoms. The van der Waals surface area contributed by atoms with E-state index in [9.17, 15) is 0 Å². The molecule has 0 amide bonds. The lowest BCUT2D eigenvalue weighted by Crippen LogP contribution is -1.90. The number of nitrogens with zero attached hydrogens (tertiary/aromatic N) is 2. The smallest absolute Gasteiger partial charge is 0.166 e. The maximum atomic E-state index is 8.46. The second-order valence-electron chi connectivity index (χ2n) is 4.12. The topological polar surface area (TPSA) is 61.7 Å². The van der Waals surface area contributed by atoms with E-state index in [2.05, 4.69) is 16.0 Å². The van der Waals surface area contributed by atoms with E-state index in [-0.39, 0.29) is 0 Å². The minimum atomic E-state index is 0.637. The molecule has 5 heteroatoms. The average molecular weight is 275 g/mol. The number of nitrogens with one attached hydrogen (secondary N) is 1. The number of nitriles is 1. The number of benzene rings is 1. The van der Waals surface area contributed by atoms with Crippen LogP contribution in [0.3, 0.4) is 0 Å². The van der Waals surface area contributed by atoms with E-state index in [4.69, 9.17) is 10.00 Å². The molecule has 0 saturated heterocycles. The minimum Gasteiger partial charge on any atom is -0.494 e. The highest BCUT2D eigenvalue weighted by Gasteiger charge is 2.04. The fourth-order valence-electron chi connectivity index (χ4n) is 1.77. The van der Waals surface area contributed by atoms with Gasteiger partial charge >= 0.3 is 0 Å². The van der Waals surface area contributed by atoms with Crippen molar-refractivity contribution >= 4 is 22.8 Å². The monoisotopic (exact) mass is 275 g/mol. The first-order valence-corrected chi connectivity index (χ1v) is 7.44. The number of hydrogen-bond donors (Lipinski definition) is 1. The molecule has 0 atom stereocenters. The highest BCUT2D eigenvalue weighted by atomic mass is 32.2. The number of rotatable bonds is 7. The number of aromatic amines is 1. The van der Waals surface area contributed by atoms with Crippen molar-refractivity contribution in [1.29, 1.82) is 5.26 Å². The molecule has 0 fully saturated rings. The Morgan fingerprint density at radius 3 is 3.11 bits per heavy atom. The molecule has 0 spiro atoms. The van der Waals surface area contributed by atoms with Crippen LogP contribution in [0.1, 0.15) is 26.2 Å². The standard InChI is InChI=1S/C14H17N3OS/c1-2-18-11-6-7-12-13(10-11)17-14(16-12)19-9-5-3-4-8-15/h6-7,10H,2-5,9H2,1H3,(H,16,17). The number of hydrogen-bond acceptors (Lipinski definition) is 4. The summed E-state index contributed by atoms with van der Waals surface area (Å²) in [5.41, 5.74) is 1.97. The normalized spacial score (nSPS) is 10.5. The summed E-state index contributed by atoms with van der Waals surface area (Å²) in [6, 6.07) is 8.04. The largest absolute Gasteiger partial charge is 0.494 e. The Bertz CT molecular complexity index is 574. The third-order valence-electron chi connectivity index (χ3n) is 2.66. The molecule has 19 heavy (non-hydrogen) atoms. The van der Waals surface area contributed by atoms with E-state index < -0.39 is 0 Å². The van der Waals surface area contributed by atoms with Gasteiger partial charge in [0.15, 0.2) is 5.16 Å². The lowest BCUT2D eigenvalue weighted by Gasteiger charge is -2.00. The second kappa shape index (κ2) is 7.05. The van der Waals surface area contributed by atoms with Crippen LogP contribution in [-0.2, 0) is 0 Å². The van der Waals surface area contributed by atoms with Crippen LogP contribution in [0.2, 0.25) is 0 Å². The summed E-state index contributed by atoms with van der Waals surface area (Å²) in [5, 5.41) is 9.39. The number of thioether (sulfide) groups is 1. The third kappa shape index (κ3) is 3.90. The number of unbranched alkanes of at least 4 members (excludes halogenated alkanes) is 2. The van der Waals surface area contributed by atoms with Gasteiger partial charge in [-0.25, -0.2) is 4.98 Å². The van der Waals surface area contributed by atoms with E-state index in [1.54, 1.807) is 11.8 Å². The second-order valence-corrected chi connectivity index (χ2v) is 5.20. The zero-order valence-corrected chi connectivity index (χ0v) is 11.8. The first-order chi connectivity index (χ1) is 9.33. The van der Waals surface area contributed by atoms with Crippen LogP contribution in [0.15, 0.2) is 23.4 Å². The number of imidazole rings is 1. The van der Waals surface area contributed by atoms with Gasteiger partial charge in [0.25, 0.3) is 0 Å². The Labute approximate surface area is 117 Å². The van der Waals surface area contributed by atoms with E-state index in [0.717, 1.165) is 40.5 Å². The first kappa shape index (κ1) is 13.8. The molecule has 2 rings (SSSR count). The molecule has 1 N–H and O–H groups in total. The fraction of sp³-hybridized carbons (Fsp3) is 0.429. The third-order valence-corrected chi connectivity index (χ3v) is 3.62. The summed E-state index contributed by atoms with van der Waals surface area (Å²) in [4.78, 5) is 7.81. The van der Waals surface area contributed by atoms with Crippen molar-refractivity contribution in [3.05, 3.63) is 18.2 Å². The van der Waals surface area contributed by atoms with Crippen LogP contribution in [-0.4, -0.2) is 22.3 Å². The molecule has 0 saturated carbocycles. The average Bonchev–Trinajstić information content (AvgIpc) is 2.81. The van der Waals surface area contributed by atoms with Gasteiger partial charge in [-0.2, -0.15) is 5.26 Å². The summed E-state index contributed by atoms with van der Waals surface area (Å²) in [6.07, 6.45) is 2.64. The van der Waals surface area contributed by atoms with Crippen molar-refractivity contribution in [2.75, 3.05) is 12.4 Å². The van der Waals surface area contributed by atoms with Gasteiger partial charge in [0.05, 0.1) is 23.7 Å². The van der Waals surface area contributed by atoms with Gasteiger partial charge in [-0.3, -0.25) is 0 Å². The van der Waals surface area contributed by atoms with E-state index >= 15 is 0 Å². The van der Waals surface area contributed by atoms with E-state index in [0.29, 0.717) is 13.0 Å². The predicted molar refractivity (Wildman–Crippen MR) is 77.5 cm³/mol. The minimum absolute atomic E-state index is 0.637. The van der Waals surface area contributed by atoms with Gasteiger partial charge in [0, 0.05) is 18.2 Å². The van der Waals surface area contributed by atoms with Crippen LogP contribution in [0, 0.1) is 11.3 Å². The summed E-state index contributed by atoms with van der Waals surface area (Å²) in [6.45, 7) is 2.64. The molecule has 1 aromatic heterocycles. The molecule has 2 aromatic rings. The van der Waals surface area contributed by atoms with Crippen molar-refractivity contribution < 1.29 is 4.74 Å². The van der Waals surface area contributed by atoms with E-state index in [1.165, 1.54) is 0 Å². The Hall–Kier alpha value is -1.67. The quantitative estimate of drug-likeness (QED) is 0.617. The van der Waals surface area contributed by atoms with Crippen LogP contribution in [0.4, 0.5) is 0 Å². The number of aromatic nitrogens is 2. The van der Waals surface area contributed by atoms with Crippen LogP contribution in [0.25, 0.3) is 11.0 Å². The van der Waals surface area contributed by atoms with Gasteiger partial charge in [0.2, 0.25) is 0 Å². The molecule has 1 heterocycles. The van der Waals surface area contributed by atoms with Gasteiger partial charge in [-0.1, -0.05) is 11.8 Å². The van der Waals surface area contributed by atoms with Crippen molar-refractivity contribution in [3.8, 4) is 11.8 Å². The van der Waals surface area contributed by atoms with Gasteiger partial charge < -0.3 is 9.72 Å². The SMILES string of the molecule is CCOc1ccc2nc(SCCCCC#N)[nH]c2c1. The molecule has 0 radical (unpaired) electrons. The molecule has 0 aliphatic carbocycles. The molecule has 4 nitrogen and oxygen atoms in total. The first-order valence-electron chi connectivity index (χ1n) is 6.46. The molecule has 0 unspecified atom stereocenters. The highest BCUT2D eigenvalue weighted by molar-refractivity contribution is 7.99. The molecule has 0 aliphatic rings. The van der Waals surface area contributed by atoms with Gasteiger partial charge in [-0.15, -0.1) is 0 Å². The maximum Gasteiger partial charge on any atom is 0.166 e. The number of fused-ring (bicyclic) bond motifs is 1. The Kier molecular flexibility index (Phi) is 5.10. The van der Waals surface area contributed by atoms with Crippen LogP contribution < -0.4 is 4.74 Å². The fourth-order valence-corrected chi connectivity index (χ4v) is 2.65. The van der Waals surface area contributed by atoms with Gasteiger partial charge in [0.1, 0.15) is 5.75 Å². The Morgan fingerprint density at radius 1 is 1.42 bits per heavy atom. The predicted octanol–water partition coefficient (Wildman–Crippen LogP) is 3.75. The molecule has 1 aromatic carbocycles. The van der Waals surface area contributed by atoms with Crippen molar-refractivity contribution in [1.82, 2.24) is 9.97 Å². The van der Waals surface area contributed by atoms with E-state index in [1.807, 2.05) is 25.1 Å². The summed E-state index contributed by atoms with van der Waals surface area (Å²) >= 11 is 1.70. The Morgan fingerprint density at radius 2 is 2.32 bits per heavy atom. The maximum absolute atomic E-state index is 8.46. The number of ether oxygens (including phenoxy) is 1. The highest BCUT2D eigenvalue weighted by Crippen LogP contribution is 2.23.